The van der Waals surface area contributed by atoms with Gasteiger partial charge in [0.05, 0.1) is 6.42 Å². The standard InChI is InChI=1S/C12H19NO4/c1-12(2,3)17-11(16)13-6-4-5-9(8-13)7-10(14)15/h5H,4,6-8H2,1-3H3,(H,14,15). The van der Waals surface area contributed by atoms with Crippen LogP contribution in [0.25, 0.3) is 0 Å². The Balaban J connectivity index is 2.55. The molecule has 1 rings (SSSR count). The molecule has 0 radical (unpaired) electrons. The predicted octanol–water partition coefficient (Wildman–Crippen LogP) is 2.03. The molecule has 0 aliphatic carbocycles. The number of carboxylic acids is 1. The highest BCUT2D eigenvalue weighted by atomic mass is 16.6. The molecule has 0 bridgehead atoms. The monoisotopic (exact) mass is 241 g/mol. The van der Waals surface area contributed by atoms with Crippen molar-refractivity contribution in [1.29, 1.82) is 0 Å². The molecule has 96 valence electrons. The number of rotatable bonds is 2. The molecule has 17 heavy (non-hydrogen) atoms. The van der Waals surface area contributed by atoms with E-state index < -0.39 is 11.6 Å². The van der Waals surface area contributed by atoms with Crippen molar-refractivity contribution in [3.8, 4) is 0 Å². The topological polar surface area (TPSA) is 66.8 Å². The molecule has 0 fully saturated rings. The van der Waals surface area contributed by atoms with Gasteiger partial charge in [-0.25, -0.2) is 4.79 Å². The van der Waals surface area contributed by atoms with E-state index in [2.05, 4.69) is 0 Å². The second-order valence-corrected chi connectivity index (χ2v) is 5.12. The third-order valence-electron chi connectivity index (χ3n) is 2.26. The first-order chi connectivity index (χ1) is 7.78. The van der Waals surface area contributed by atoms with Crippen LogP contribution in [0.4, 0.5) is 4.79 Å². The lowest BCUT2D eigenvalue weighted by Crippen LogP contribution is -2.40. The average Bonchev–Trinajstić information content (AvgIpc) is 2.14. The fraction of sp³-hybridized carbons (Fsp3) is 0.667. The van der Waals surface area contributed by atoms with E-state index in [9.17, 15) is 9.59 Å². The van der Waals surface area contributed by atoms with Crippen molar-refractivity contribution < 1.29 is 19.4 Å². The van der Waals surface area contributed by atoms with E-state index in [4.69, 9.17) is 9.84 Å². The lowest BCUT2D eigenvalue weighted by molar-refractivity contribution is -0.136. The number of nitrogens with zero attached hydrogens (tertiary/aromatic N) is 1. The van der Waals surface area contributed by atoms with E-state index in [1.165, 1.54) is 0 Å². The zero-order valence-electron chi connectivity index (χ0n) is 10.5. The van der Waals surface area contributed by atoms with Crippen molar-refractivity contribution in [2.24, 2.45) is 0 Å². The van der Waals surface area contributed by atoms with Gasteiger partial charge in [-0.15, -0.1) is 0 Å². The minimum Gasteiger partial charge on any atom is -0.481 e. The fourth-order valence-electron chi connectivity index (χ4n) is 1.62. The maximum absolute atomic E-state index is 11.8. The predicted molar refractivity (Wildman–Crippen MR) is 62.8 cm³/mol. The van der Waals surface area contributed by atoms with E-state index >= 15 is 0 Å². The molecule has 0 aromatic heterocycles. The van der Waals surface area contributed by atoms with Crippen molar-refractivity contribution in [3.05, 3.63) is 11.6 Å². The van der Waals surface area contributed by atoms with Gasteiger partial charge in [0.15, 0.2) is 0 Å². The van der Waals surface area contributed by atoms with Crippen LogP contribution in [0.2, 0.25) is 0 Å². The fourth-order valence-corrected chi connectivity index (χ4v) is 1.62. The molecule has 1 aliphatic rings. The Bertz CT molecular complexity index is 341. The SMILES string of the molecule is CC(C)(C)OC(=O)N1CCC=C(CC(=O)O)C1. The molecule has 1 amide bonds. The van der Waals surface area contributed by atoms with Gasteiger partial charge in [-0.1, -0.05) is 6.08 Å². The average molecular weight is 241 g/mol. The Kier molecular flexibility index (Phi) is 4.15. The van der Waals surface area contributed by atoms with Gasteiger partial charge in [-0.2, -0.15) is 0 Å². The molecule has 0 atom stereocenters. The van der Waals surface area contributed by atoms with Gasteiger partial charge in [0.25, 0.3) is 0 Å². The summed E-state index contributed by atoms with van der Waals surface area (Å²) in [4.78, 5) is 23.9. The summed E-state index contributed by atoms with van der Waals surface area (Å²) in [6.07, 6.45) is 2.17. The summed E-state index contributed by atoms with van der Waals surface area (Å²) in [5.74, 6) is -0.873. The molecular formula is C12H19NO4. The molecule has 0 unspecified atom stereocenters. The number of amides is 1. The zero-order chi connectivity index (χ0) is 13.1. The highest BCUT2D eigenvalue weighted by Crippen LogP contribution is 2.16. The molecule has 0 saturated heterocycles. The van der Waals surface area contributed by atoms with Gasteiger partial charge in [0, 0.05) is 13.1 Å². The number of carbonyl (C=O) groups is 2. The van der Waals surface area contributed by atoms with Crippen molar-refractivity contribution in [1.82, 2.24) is 4.90 Å². The molecule has 5 heteroatoms. The molecule has 0 aromatic rings. The van der Waals surface area contributed by atoms with Gasteiger partial charge in [-0.3, -0.25) is 4.79 Å². The molecule has 0 aromatic carbocycles. The Labute approximate surface area is 101 Å². The highest BCUT2D eigenvalue weighted by Gasteiger charge is 2.24. The number of carbonyl (C=O) groups excluding carboxylic acids is 1. The third kappa shape index (κ3) is 4.89. The van der Waals surface area contributed by atoms with Gasteiger partial charge >= 0.3 is 12.1 Å². The summed E-state index contributed by atoms with van der Waals surface area (Å²) in [5.41, 5.74) is 0.236. The van der Waals surface area contributed by atoms with Gasteiger partial charge < -0.3 is 14.7 Å². The van der Waals surface area contributed by atoms with Crippen LogP contribution < -0.4 is 0 Å². The van der Waals surface area contributed by atoms with E-state index in [1.54, 1.807) is 4.90 Å². The van der Waals surface area contributed by atoms with Crippen LogP contribution in [0, 0.1) is 0 Å². The van der Waals surface area contributed by atoms with Crippen LogP contribution in [0.3, 0.4) is 0 Å². The Morgan fingerprint density at radius 1 is 1.47 bits per heavy atom. The molecular weight excluding hydrogens is 222 g/mol. The summed E-state index contributed by atoms with van der Waals surface area (Å²) in [5, 5.41) is 8.70. The van der Waals surface area contributed by atoms with Crippen LogP contribution >= 0.6 is 0 Å². The summed E-state index contributed by atoms with van der Waals surface area (Å²) in [6, 6.07) is 0. The molecule has 1 heterocycles. The van der Waals surface area contributed by atoms with Gasteiger partial charge in [0.1, 0.15) is 5.60 Å². The lowest BCUT2D eigenvalue weighted by Gasteiger charge is -2.30. The Morgan fingerprint density at radius 2 is 2.12 bits per heavy atom. The zero-order valence-corrected chi connectivity index (χ0v) is 10.5. The second-order valence-electron chi connectivity index (χ2n) is 5.12. The largest absolute Gasteiger partial charge is 0.481 e. The number of carboxylic acid groups (broad SMARTS) is 1. The molecule has 1 N–H and O–H groups in total. The summed E-state index contributed by atoms with van der Waals surface area (Å²) in [6.45, 7) is 6.35. The van der Waals surface area contributed by atoms with Crippen LogP contribution in [-0.2, 0) is 9.53 Å². The molecule has 1 aliphatic heterocycles. The first-order valence-corrected chi connectivity index (χ1v) is 5.65. The van der Waals surface area contributed by atoms with E-state index in [1.807, 2.05) is 26.8 Å². The van der Waals surface area contributed by atoms with Crippen molar-refractivity contribution >= 4 is 12.1 Å². The van der Waals surface area contributed by atoms with Crippen molar-refractivity contribution in [2.75, 3.05) is 13.1 Å². The van der Waals surface area contributed by atoms with Crippen LogP contribution in [0.15, 0.2) is 11.6 Å². The number of aliphatic carboxylic acids is 1. The maximum Gasteiger partial charge on any atom is 0.410 e. The Hall–Kier alpha value is -1.52. The second kappa shape index (κ2) is 5.21. The normalized spacial score (nSPS) is 16.4. The minimum absolute atomic E-state index is 0.0146. The van der Waals surface area contributed by atoms with Crippen LogP contribution in [0.5, 0.6) is 0 Å². The first-order valence-electron chi connectivity index (χ1n) is 5.65. The maximum atomic E-state index is 11.8. The van der Waals surface area contributed by atoms with Gasteiger partial charge in [0.2, 0.25) is 0 Å². The quantitative estimate of drug-likeness (QED) is 0.751. The van der Waals surface area contributed by atoms with Crippen LogP contribution in [0.1, 0.15) is 33.6 Å². The first kappa shape index (κ1) is 13.5. The summed E-state index contributed by atoms with van der Waals surface area (Å²) < 4.78 is 5.24. The number of ether oxygens (including phenoxy) is 1. The van der Waals surface area contributed by atoms with Crippen molar-refractivity contribution in [3.63, 3.8) is 0 Å². The van der Waals surface area contributed by atoms with E-state index in [-0.39, 0.29) is 12.5 Å². The number of hydrogen-bond acceptors (Lipinski definition) is 3. The smallest absolute Gasteiger partial charge is 0.410 e. The van der Waals surface area contributed by atoms with Crippen molar-refractivity contribution in [2.45, 2.75) is 39.2 Å². The molecule has 5 nitrogen and oxygen atoms in total. The highest BCUT2D eigenvalue weighted by molar-refractivity contribution is 5.72. The van der Waals surface area contributed by atoms with Crippen LogP contribution in [-0.4, -0.2) is 40.8 Å². The van der Waals surface area contributed by atoms with E-state index in [0.29, 0.717) is 19.5 Å². The summed E-state index contributed by atoms with van der Waals surface area (Å²) in [7, 11) is 0. The van der Waals surface area contributed by atoms with Gasteiger partial charge in [-0.05, 0) is 32.8 Å². The number of hydrogen-bond donors (Lipinski definition) is 1. The minimum atomic E-state index is -0.873. The summed E-state index contributed by atoms with van der Waals surface area (Å²) >= 11 is 0. The van der Waals surface area contributed by atoms with E-state index in [0.717, 1.165) is 5.57 Å². The Morgan fingerprint density at radius 3 is 2.65 bits per heavy atom. The third-order valence-corrected chi connectivity index (χ3v) is 2.26. The molecule has 0 saturated carbocycles. The molecule has 0 spiro atoms. The lowest BCUT2D eigenvalue weighted by atomic mass is 10.1.